The summed E-state index contributed by atoms with van der Waals surface area (Å²) in [6.07, 6.45) is 0.437. The first kappa shape index (κ1) is 11.4. The number of rotatable bonds is 4. The number of nitrogens with one attached hydrogen (secondary N) is 1. The Balaban J connectivity index is 2.44. The molecule has 0 bridgehead atoms. The molecule has 1 aromatic heterocycles. The van der Waals surface area contributed by atoms with E-state index in [1.165, 1.54) is 0 Å². The van der Waals surface area contributed by atoms with Crippen molar-refractivity contribution in [2.24, 2.45) is 0 Å². The van der Waals surface area contributed by atoms with Crippen molar-refractivity contribution >= 4 is 10.9 Å². The van der Waals surface area contributed by atoms with Gasteiger partial charge in [0.15, 0.2) is 0 Å². The largest absolute Gasteiger partial charge is 0.497 e. The number of benzene rings is 1. The topological polar surface area (TPSA) is 68.2 Å². The molecule has 2 aromatic rings. The molecule has 0 atom stereocenters. The molecule has 0 fully saturated rings. The molecule has 0 aliphatic rings. The van der Waals surface area contributed by atoms with Crippen molar-refractivity contribution < 1.29 is 9.66 Å². The van der Waals surface area contributed by atoms with Crippen LogP contribution in [0.2, 0.25) is 0 Å². The molecule has 5 heteroatoms. The summed E-state index contributed by atoms with van der Waals surface area (Å²) in [7, 11) is 1.61. The van der Waals surface area contributed by atoms with Crippen LogP contribution in [0.15, 0.2) is 18.2 Å². The highest BCUT2D eigenvalue weighted by Gasteiger charge is 2.11. The predicted octanol–water partition coefficient (Wildman–Crippen LogP) is 2.30. The van der Waals surface area contributed by atoms with Gasteiger partial charge in [0.2, 0.25) is 6.54 Å². The van der Waals surface area contributed by atoms with Crippen molar-refractivity contribution in [1.82, 2.24) is 4.98 Å². The fourth-order valence-electron chi connectivity index (χ4n) is 2.01. The van der Waals surface area contributed by atoms with E-state index in [4.69, 9.17) is 4.74 Å². The molecule has 5 nitrogen and oxygen atoms in total. The zero-order valence-electron chi connectivity index (χ0n) is 9.82. The normalized spacial score (nSPS) is 10.7. The summed E-state index contributed by atoms with van der Waals surface area (Å²) in [6.45, 7) is 1.88. The van der Waals surface area contributed by atoms with Crippen molar-refractivity contribution in [2.75, 3.05) is 13.7 Å². The Morgan fingerprint density at radius 3 is 2.88 bits per heavy atom. The molecule has 0 saturated carbocycles. The second-order valence-corrected chi connectivity index (χ2v) is 3.95. The molecule has 0 unspecified atom stereocenters. The van der Waals surface area contributed by atoms with Crippen molar-refractivity contribution in [3.63, 3.8) is 0 Å². The summed E-state index contributed by atoms with van der Waals surface area (Å²) < 4.78 is 5.16. The van der Waals surface area contributed by atoms with Gasteiger partial charge in [-0.1, -0.05) is 0 Å². The SMILES string of the molecule is COc1ccc2[nH]c(C)c(CC[N+](=O)[O-])c2c1. The van der Waals surface area contributed by atoms with E-state index in [0.29, 0.717) is 6.42 Å². The van der Waals surface area contributed by atoms with Crippen LogP contribution in [0, 0.1) is 17.0 Å². The number of fused-ring (bicyclic) bond motifs is 1. The molecule has 1 N–H and O–H groups in total. The molecule has 90 valence electrons. The number of hydrogen-bond acceptors (Lipinski definition) is 3. The van der Waals surface area contributed by atoms with E-state index >= 15 is 0 Å². The molecular weight excluding hydrogens is 220 g/mol. The minimum Gasteiger partial charge on any atom is -0.497 e. The fourth-order valence-corrected chi connectivity index (χ4v) is 2.01. The zero-order chi connectivity index (χ0) is 12.4. The van der Waals surface area contributed by atoms with Crippen molar-refractivity contribution in [2.45, 2.75) is 13.3 Å². The zero-order valence-corrected chi connectivity index (χ0v) is 9.82. The van der Waals surface area contributed by atoms with E-state index in [-0.39, 0.29) is 11.5 Å². The van der Waals surface area contributed by atoms with Crippen molar-refractivity contribution in [3.05, 3.63) is 39.6 Å². The van der Waals surface area contributed by atoms with Crippen LogP contribution < -0.4 is 4.74 Å². The smallest absolute Gasteiger partial charge is 0.207 e. The molecule has 0 radical (unpaired) electrons. The third-order valence-corrected chi connectivity index (χ3v) is 2.87. The quantitative estimate of drug-likeness (QED) is 0.652. The number of hydrogen-bond donors (Lipinski definition) is 1. The van der Waals surface area contributed by atoms with Gasteiger partial charge in [-0.05, 0) is 30.7 Å². The first-order valence-corrected chi connectivity index (χ1v) is 5.39. The lowest BCUT2D eigenvalue weighted by molar-refractivity contribution is -0.479. The molecule has 0 aliphatic carbocycles. The van der Waals surface area contributed by atoms with Crippen LogP contribution in [0.5, 0.6) is 5.75 Å². The van der Waals surface area contributed by atoms with Crippen molar-refractivity contribution in [1.29, 1.82) is 0 Å². The Morgan fingerprint density at radius 2 is 2.24 bits per heavy atom. The Kier molecular flexibility index (Phi) is 2.99. The van der Waals surface area contributed by atoms with Gasteiger partial charge in [-0.2, -0.15) is 0 Å². The van der Waals surface area contributed by atoms with Gasteiger partial charge in [0, 0.05) is 27.9 Å². The summed E-state index contributed by atoms with van der Waals surface area (Å²) in [5.41, 5.74) is 2.97. The fraction of sp³-hybridized carbons (Fsp3) is 0.333. The first-order valence-electron chi connectivity index (χ1n) is 5.39. The third kappa shape index (κ3) is 2.22. The maximum atomic E-state index is 10.4. The number of aromatic amines is 1. The molecule has 0 saturated heterocycles. The van der Waals surface area contributed by atoms with E-state index in [2.05, 4.69) is 4.98 Å². The van der Waals surface area contributed by atoms with Crippen molar-refractivity contribution in [3.8, 4) is 5.75 Å². The van der Waals surface area contributed by atoms with Gasteiger partial charge in [0.25, 0.3) is 0 Å². The van der Waals surface area contributed by atoms with Crippen LogP contribution >= 0.6 is 0 Å². The van der Waals surface area contributed by atoms with Gasteiger partial charge in [0.1, 0.15) is 5.75 Å². The molecule has 0 aliphatic heterocycles. The Labute approximate surface area is 98.5 Å². The van der Waals surface area contributed by atoms with Gasteiger partial charge in [-0.3, -0.25) is 10.1 Å². The number of H-pyrrole nitrogens is 1. The maximum absolute atomic E-state index is 10.4. The maximum Gasteiger partial charge on any atom is 0.207 e. The van der Waals surface area contributed by atoms with Crippen LogP contribution in [-0.2, 0) is 6.42 Å². The van der Waals surface area contributed by atoms with Crippen LogP contribution in [0.4, 0.5) is 0 Å². The molecule has 1 heterocycles. The van der Waals surface area contributed by atoms with E-state index in [0.717, 1.165) is 27.9 Å². The van der Waals surface area contributed by atoms with E-state index in [1.807, 2.05) is 25.1 Å². The Bertz CT molecular complexity index is 560. The number of ether oxygens (including phenoxy) is 1. The highest BCUT2D eigenvalue weighted by molar-refractivity contribution is 5.86. The average Bonchev–Trinajstić information content (AvgIpc) is 2.61. The number of aromatic nitrogens is 1. The van der Waals surface area contributed by atoms with E-state index < -0.39 is 0 Å². The standard InChI is InChI=1S/C12H14N2O3/c1-8-10(5-6-14(15)16)11-7-9(17-2)3-4-12(11)13-8/h3-4,7,13H,5-6H2,1-2H3. The minimum absolute atomic E-state index is 0.0506. The molecule has 0 spiro atoms. The first-order chi connectivity index (χ1) is 8.11. The lowest BCUT2D eigenvalue weighted by Crippen LogP contribution is -2.04. The second-order valence-electron chi connectivity index (χ2n) is 3.95. The summed E-state index contributed by atoms with van der Waals surface area (Å²) in [5.74, 6) is 0.763. The van der Waals surface area contributed by atoms with Gasteiger partial charge in [0.05, 0.1) is 7.11 Å². The van der Waals surface area contributed by atoms with Crippen LogP contribution in [0.1, 0.15) is 11.3 Å². The number of methoxy groups -OCH3 is 1. The highest BCUT2D eigenvalue weighted by Crippen LogP contribution is 2.26. The van der Waals surface area contributed by atoms with Crippen LogP contribution in [-0.4, -0.2) is 23.6 Å². The molecule has 0 amide bonds. The Morgan fingerprint density at radius 1 is 1.47 bits per heavy atom. The third-order valence-electron chi connectivity index (χ3n) is 2.87. The minimum atomic E-state index is -0.293. The summed E-state index contributed by atoms with van der Waals surface area (Å²) in [5, 5.41) is 11.4. The van der Waals surface area contributed by atoms with Gasteiger partial charge < -0.3 is 9.72 Å². The molecule has 2 rings (SSSR count). The second kappa shape index (κ2) is 4.45. The number of nitro groups is 1. The predicted molar refractivity (Wildman–Crippen MR) is 65.2 cm³/mol. The summed E-state index contributed by atoms with van der Waals surface area (Å²) in [4.78, 5) is 13.4. The molecule has 1 aromatic carbocycles. The lowest BCUT2D eigenvalue weighted by atomic mass is 10.1. The monoisotopic (exact) mass is 234 g/mol. The van der Waals surface area contributed by atoms with Gasteiger partial charge in [-0.25, -0.2) is 0 Å². The number of aryl methyl sites for hydroxylation is 1. The van der Waals surface area contributed by atoms with Gasteiger partial charge >= 0.3 is 0 Å². The van der Waals surface area contributed by atoms with E-state index in [1.54, 1.807) is 7.11 Å². The molecule has 17 heavy (non-hydrogen) atoms. The van der Waals surface area contributed by atoms with Gasteiger partial charge in [-0.15, -0.1) is 0 Å². The Hall–Kier alpha value is -2.04. The van der Waals surface area contributed by atoms with Crippen LogP contribution in [0.3, 0.4) is 0 Å². The van der Waals surface area contributed by atoms with E-state index in [9.17, 15) is 10.1 Å². The summed E-state index contributed by atoms with van der Waals surface area (Å²) in [6, 6.07) is 5.71. The average molecular weight is 234 g/mol. The highest BCUT2D eigenvalue weighted by atomic mass is 16.6. The lowest BCUT2D eigenvalue weighted by Gasteiger charge is -2.01. The van der Waals surface area contributed by atoms with Crippen LogP contribution in [0.25, 0.3) is 10.9 Å². The molecular formula is C12H14N2O3. The number of nitrogens with zero attached hydrogens (tertiary/aromatic N) is 1. The summed E-state index contributed by atoms with van der Waals surface area (Å²) >= 11 is 0.